The van der Waals surface area contributed by atoms with E-state index in [9.17, 15) is 9.59 Å². The van der Waals surface area contributed by atoms with Gasteiger partial charge in [0.2, 0.25) is 0 Å². The zero-order valence-electron chi connectivity index (χ0n) is 7.90. The van der Waals surface area contributed by atoms with Crippen molar-refractivity contribution in [3.05, 3.63) is 24.2 Å². The van der Waals surface area contributed by atoms with Crippen LogP contribution in [0.3, 0.4) is 0 Å². The first-order chi connectivity index (χ1) is 6.59. The Morgan fingerprint density at radius 1 is 1.57 bits per heavy atom. The summed E-state index contributed by atoms with van der Waals surface area (Å²) in [6.45, 7) is 1.39. The molecule has 0 saturated heterocycles. The number of hydrogen-bond acceptors (Lipinski definition) is 3. The van der Waals surface area contributed by atoms with E-state index in [1.807, 2.05) is 0 Å². The highest BCUT2D eigenvalue weighted by Gasteiger charge is 2.20. The van der Waals surface area contributed by atoms with Gasteiger partial charge in [0, 0.05) is 12.8 Å². The van der Waals surface area contributed by atoms with Gasteiger partial charge in [-0.25, -0.2) is 0 Å². The Kier molecular flexibility index (Phi) is 3.45. The van der Waals surface area contributed by atoms with Crippen LogP contribution in [0.5, 0.6) is 0 Å². The van der Waals surface area contributed by atoms with Gasteiger partial charge >= 0.3 is 5.97 Å². The zero-order valence-corrected chi connectivity index (χ0v) is 7.90. The Bertz CT molecular complexity index is 313. The quantitative estimate of drug-likeness (QED) is 0.774. The summed E-state index contributed by atoms with van der Waals surface area (Å²) in [7, 11) is 0. The van der Waals surface area contributed by atoms with E-state index >= 15 is 0 Å². The van der Waals surface area contributed by atoms with Crippen LogP contribution in [0.15, 0.2) is 22.8 Å². The van der Waals surface area contributed by atoms with Crippen LogP contribution >= 0.6 is 0 Å². The van der Waals surface area contributed by atoms with E-state index in [0.29, 0.717) is 5.76 Å². The summed E-state index contributed by atoms with van der Waals surface area (Å²) in [4.78, 5) is 21.6. The Labute approximate surface area is 81.5 Å². The molecular weight excluding hydrogens is 184 g/mol. The van der Waals surface area contributed by atoms with Crippen LogP contribution in [0.1, 0.15) is 19.1 Å². The molecule has 0 aliphatic rings. The lowest BCUT2D eigenvalue weighted by Gasteiger charge is -2.07. The van der Waals surface area contributed by atoms with E-state index in [2.05, 4.69) is 0 Å². The minimum Gasteiger partial charge on any atom is -0.481 e. The predicted octanol–water partition coefficient (Wildman–Crippen LogP) is 1.50. The molecule has 0 saturated carbocycles. The summed E-state index contributed by atoms with van der Waals surface area (Å²) in [5, 5.41) is 8.83. The van der Waals surface area contributed by atoms with Gasteiger partial charge in [0.25, 0.3) is 0 Å². The van der Waals surface area contributed by atoms with Crippen molar-refractivity contribution in [1.82, 2.24) is 0 Å². The number of aliphatic carboxylic acids is 1. The second-order valence-electron chi connectivity index (χ2n) is 3.22. The third-order valence-corrected chi connectivity index (χ3v) is 1.91. The SMILES string of the molecule is CC(=O)CC(Cc1ccco1)C(=O)O. The first kappa shape index (κ1) is 10.5. The highest BCUT2D eigenvalue weighted by molar-refractivity contribution is 5.82. The van der Waals surface area contributed by atoms with Crippen molar-refractivity contribution >= 4 is 11.8 Å². The molecule has 0 radical (unpaired) electrons. The van der Waals surface area contributed by atoms with Gasteiger partial charge in [0.1, 0.15) is 11.5 Å². The molecule has 0 amide bonds. The standard InChI is InChI=1S/C10H12O4/c1-7(11)5-8(10(12)13)6-9-3-2-4-14-9/h2-4,8H,5-6H2,1H3,(H,12,13). The lowest BCUT2D eigenvalue weighted by atomic mass is 9.98. The second-order valence-corrected chi connectivity index (χ2v) is 3.22. The molecule has 0 spiro atoms. The molecule has 0 fully saturated rings. The van der Waals surface area contributed by atoms with E-state index in [1.165, 1.54) is 13.2 Å². The highest BCUT2D eigenvalue weighted by atomic mass is 16.4. The number of carboxylic acids is 1. The molecule has 1 rings (SSSR count). The van der Waals surface area contributed by atoms with Gasteiger partial charge in [-0.3, -0.25) is 4.79 Å². The van der Waals surface area contributed by atoms with Gasteiger partial charge in [-0.05, 0) is 19.1 Å². The third kappa shape index (κ3) is 3.05. The molecule has 4 nitrogen and oxygen atoms in total. The van der Waals surface area contributed by atoms with Crippen LogP contribution in [0, 0.1) is 5.92 Å². The number of carbonyl (C=O) groups is 2. The summed E-state index contributed by atoms with van der Waals surface area (Å²) in [5.74, 6) is -1.17. The lowest BCUT2D eigenvalue weighted by Crippen LogP contribution is -2.19. The molecule has 1 atom stereocenters. The van der Waals surface area contributed by atoms with Gasteiger partial charge in [-0.15, -0.1) is 0 Å². The molecule has 14 heavy (non-hydrogen) atoms. The number of rotatable bonds is 5. The van der Waals surface area contributed by atoms with Crippen molar-refractivity contribution in [2.45, 2.75) is 19.8 Å². The van der Waals surface area contributed by atoms with Crippen molar-refractivity contribution < 1.29 is 19.1 Å². The fourth-order valence-corrected chi connectivity index (χ4v) is 1.27. The summed E-state index contributed by atoms with van der Waals surface area (Å²) < 4.78 is 5.02. The number of furan rings is 1. The van der Waals surface area contributed by atoms with Crippen LogP contribution in [-0.4, -0.2) is 16.9 Å². The number of hydrogen-bond donors (Lipinski definition) is 1. The maximum atomic E-state index is 10.8. The lowest BCUT2D eigenvalue weighted by molar-refractivity contribution is -0.143. The first-order valence-electron chi connectivity index (χ1n) is 4.34. The molecule has 0 aromatic carbocycles. The molecule has 0 aliphatic heterocycles. The number of carboxylic acid groups (broad SMARTS) is 1. The molecule has 1 unspecified atom stereocenters. The Hall–Kier alpha value is -1.58. The van der Waals surface area contributed by atoms with Gasteiger partial charge in [0.15, 0.2) is 0 Å². The monoisotopic (exact) mass is 196 g/mol. The number of carbonyl (C=O) groups excluding carboxylic acids is 1. The van der Waals surface area contributed by atoms with Crippen LogP contribution in [0.4, 0.5) is 0 Å². The maximum absolute atomic E-state index is 10.8. The number of Topliss-reactive ketones (excluding diaryl/α,β-unsaturated/α-hetero) is 1. The predicted molar refractivity (Wildman–Crippen MR) is 48.8 cm³/mol. The molecule has 1 aromatic rings. The highest BCUT2D eigenvalue weighted by Crippen LogP contribution is 2.13. The minimum atomic E-state index is -0.961. The van der Waals surface area contributed by atoms with Gasteiger partial charge in [0.05, 0.1) is 12.2 Å². The van der Waals surface area contributed by atoms with Gasteiger partial charge < -0.3 is 14.3 Å². The van der Waals surface area contributed by atoms with E-state index < -0.39 is 11.9 Å². The second kappa shape index (κ2) is 4.60. The van der Waals surface area contributed by atoms with Crippen molar-refractivity contribution in [1.29, 1.82) is 0 Å². The van der Waals surface area contributed by atoms with Crippen LogP contribution in [0.2, 0.25) is 0 Å². The molecule has 1 N–H and O–H groups in total. The Balaban J connectivity index is 2.60. The molecule has 76 valence electrons. The fraction of sp³-hybridized carbons (Fsp3) is 0.400. The molecule has 1 heterocycles. The van der Waals surface area contributed by atoms with Crippen LogP contribution in [-0.2, 0) is 16.0 Å². The summed E-state index contributed by atoms with van der Waals surface area (Å²) in [6, 6.07) is 3.40. The molecule has 1 aromatic heterocycles. The first-order valence-corrected chi connectivity index (χ1v) is 4.34. The average molecular weight is 196 g/mol. The van der Waals surface area contributed by atoms with Crippen molar-refractivity contribution in [2.24, 2.45) is 5.92 Å². The van der Waals surface area contributed by atoms with Crippen LogP contribution < -0.4 is 0 Å². The maximum Gasteiger partial charge on any atom is 0.307 e. The normalized spacial score (nSPS) is 12.4. The van der Waals surface area contributed by atoms with Crippen molar-refractivity contribution in [3.63, 3.8) is 0 Å². The summed E-state index contributed by atoms with van der Waals surface area (Å²) >= 11 is 0. The fourth-order valence-electron chi connectivity index (χ4n) is 1.27. The summed E-state index contributed by atoms with van der Waals surface area (Å²) in [5.41, 5.74) is 0. The van der Waals surface area contributed by atoms with Gasteiger partial charge in [-0.2, -0.15) is 0 Å². The van der Waals surface area contributed by atoms with Crippen molar-refractivity contribution in [3.8, 4) is 0 Å². The molecular formula is C10H12O4. The molecule has 0 aliphatic carbocycles. The molecule has 0 bridgehead atoms. The van der Waals surface area contributed by atoms with E-state index in [-0.39, 0.29) is 18.6 Å². The zero-order chi connectivity index (χ0) is 10.6. The summed E-state index contributed by atoms with van der Waals surface area (Å²) in [6.07, 6.45) is 1.81. The van der Waals surface area contributed by atoms with Crippen molar-refractivity contribution in [2.75, 3.05) is 0 Å². The largest absolute Gasteiger partial charge is 0.481 e. The Morgan fingerprint density at radius 3 is 2.71 bits per heavy atom. The third-order valence-electron chi connectivity index (χ3n) is 1.91. The van der Waals surface area contributed by atoms with Crippen LogP contribution in [0.25, 0.3) is 0 Å². The average Bonchev–Trinajstić information content (AvgIpc) is 2.54. The van der Waals surface area contributed by atoms with E-state index in [1.54, 1.807) is 12.1 Å². The number of ketones is 1. The Morgan fingerprint density at radius 2 is 2.29 bits per heavy atom. The van der Waals surface area contributed by atoms with E-state index in [4.69, 9.17) is 9.52 Å². The topological polar surface area (TPSA) is 67.5 Å². The van der Waals surface area contributed by atoms with E-state index in [0.717, 1.165) is 0 Å². The van der Waals surface area contributed by atoms with Gasteiger partial charge in [-0.1, -0.05) is 0 Å². The smallest absolute Gasteiger partial charge is 0.307 e. The molecule has 4 heteroatoms. The minimum absolute atomic E-state index is 0.0516.